The maximum atomic E-state index is 12.5. The van der Waals surface area contributed by atoms with E-state index in [0.29, 0.717) is 4.90 Å². The number of alkyl halides is 3. The van der Waals surface area contributed by atoms with Crippen molar-refractivity contribution in [2.75, 3.05) is 0 Å². The van der Waals surface area contributed by atoms with Gasteiger partial charge in [-0.1, -0.05) is 23.4 Å². The average molecular weight is 353 g/mol. The standard InChI is InChI=1S/C15H10F3N3O2S/c1-9-4-2-3-5-11(9)24(22)12-7-6-10(8-19-12)13-20-14(23-21-13)15(16,17)18/h2-8H,1H3. The van der Waals surface area contributed by atoms with Gasteiger partial charge in [-0.05, 0) is 19.1 Å². The second-order valence-electron chi connectivity index (χ2n) is 4.84. The van der Waals surface area contributed by atoms with Crippen LogP contribution in [0.1, 0.15) is 11.5 Å². The second kappa shape index (κ2) is 6.25. The van der Waals surface area contributed by atoms with E-state index < -0.39 is 23.2 Å². The molecule has 0 fully saturated rings. The number of nitrogens with zero attached hydrogens (tertiary/aromatic N) is 3. The number of rotatable bonds is 3. The van der Waals surface area contributed by atoms with E-state index in [9.17, 15) is 17.7 Å². The van der Waals surface area contributed by atoms with Crippen molar-refractivity contribution in [3.8, 4) is 11.4 Å². The highest BCUT2D eigenvalue weighted by molar-refractivity contribution is 7.91. The van der Waals surface area contributed by atoms with E-state index in [1.54, 1.807) is 12.1 Å². The van der Waals surface area contributed by atoms with Gasteiger partial charge in [0.25, 0.3) is 0 Å². The van der Waals surface area contributed by atoms with Crippen LogP contribution in [0.2, 0.25) is 0 Å². The van der Waals surface area contributed by atoms with E-state index in [1.165, 1.54) is 18.3 Å². The van der Waals surface area contributed by atoms with Crippen molar-refractivity contribution in [1.29, 1.82) is 0 Å². The van der Waals surface area contributed by atoms with Gasteiger partial charge in [0.05, 0.1) is 0 Å². The summed E-state index contributed by atoms with van der Waals surface area (Å²) in [6.07, 6.45) is -3.44. The van der Waals surface area contributed by atoms with Crippen LogP contribution in [0, 0.1) is 6.92 Å². The predicted molar refractivity (Wildman–Crippen MR) is 78.4 cm³/mol. The summed E-state index contributed by atoms with van der Waals surface area (Å²) < 4.78 is 54.1. The Balaban J connectivity index is 1.86. The number of halogens is 3. The molecule has 5 nitrogen and oxygen atoms in total. The molecule has 0 aliphatic carbocycles. The van der Waals surface area contributed by atoms with E-state index in [2.05, 4.69) is 19.6 Å². The molecule has 3 rings (SSSR count). The molecule has 0 spiro atoms. The summed E-state index contributed by atoms with van der Waals surface area (Å²) in [5.41, 5.74) is 1.09. The summed E-state index contributed by atoms with van der Waals surface area (Å²) in [6, 6.07) is 10.1. The zero-order valence-electron chi connectivity index (χ0n) is 12.2. The third kappa shape index (κ3) is 3.26. The average Bonchev–Trinajstić information content (AvgIpc) is 3.05. The maximum Gasteiger partial charge on any atom is 0.471 e. The summed E-state index contributed by atoms with van der Waals surface area (Å²) in [4.78, 5) is 7.94. The molecule has 3 aromatic rings. The molecule has 0 saturated heterocycles. The van der Waals surface area contributed by atoms with Gasteiger partial charge in [0.1, 0.15) is 0 Å². The number of benzene rings is 1. The Morgan fingerprint density at radius 3 is 2.46 bits per heavy atom. The van der Waals surface area contributed by atoms with Crippen LogP contribution in [0.15, 0.2) is 57.0 Å². The Morgan fingerprint density at radius 2 is 1.88 bits per heavy atom. The van der Waals surface area contributed by atoms with Crippen molar-refractivity contribution in [2.24, 2.45) is 0 Å². The number of pyridine rings is 1. The highest BCUT2D eigenvalue weighted by Gasteiger charge is 2.38. The molecule has 1 unspecified atom stereocenters. The molecule has 0 aliphatic rings. The van der Waals surface area contributed by atoms with Crippen LogP contribution in [0.5, 0.6) is 0 Å². The van der Waals surface area contributed by atoms with E-state index in [0.717, 1.165) is 5.56 Å². The van der Waals surface area contributed by atoms with Crippen LogP contribution in [-0.2, 0) is 17.4 Å². The first-order chi connectivity index (χ1) is 11.4. The second-order valence-corrected chi connectivity index (χ2v) is 6.24. The lowest BCUT2D eigenvalue weighted by molar-refractivity contribution is -0.159. The SMILES string of the molecule is Cc1ccccc1[S+]([O-])c1ccc(-c2noc(C(F)(F)F)n2)cn1. The molecule has 0 bridgehead atoms. The number of aromatic nitrogens is 3. The monoisotopic (exact) mass is 353 g/mol. The predicted octanol–water partition coefficient (Wildman–Crippen LogP) is 3.63. The largest absolute Gasteiger partial charge is 0.605 e. The zero-order chi connectivity index (χ0) is 17.3. The van der Waals surface area contributed by atoms with E-state index in [-0.39, 0.29) is 16.4 Å². The summed E-state index contributed by atoms with van der Waals surface area (Å²) in [5, 5.41) is 3.56. The van der Waals surface area contributed by atoms with Crippen LogP contribution >= 0.6 is 0 Å². The van der Waals surface area contributed by atoms with Crippen molar-refractivity contribution >= 4 is 11.2 Å². The zero-order valence-corrected chi connectivity index (χ0v) is 13.1. The van der Waals surface area contributed by atoms with Gasteiger partial charge in [0, 0.05) is 34.6 Å². The fourth-order valence-corrected chi connectivity index (χ4v) is 3.08. The van der Waals surface area contributed by atoms with E-state index in [1.807, 2.05) is 19.1 Å². The molecular formula is C15H10F3N3O2S. The summed E-state index contributed by atoms with van der Waals surface area (Å²) in [5.74, 6) is -1.66. The number of aryl methyl sites for hydroxylation is 1. The summed E-state index contributed by atoms with van der Waals surface area (Å²) in [7, 11) is 0. The molecule has 0 saturated carbocycles. The van der Waals surface area contributed by atoms with E-state index >= 15 is 0 Å². The van der Waals surface area contributed by atoms with Crippen molar-refractivity contribution in [1.82, 2.24) is 15.1 Å². The summed E-state index contributed by atoms with van der Waals surface area (Å²) >= 11 is -1.49. The van der Waals surface area contributed by atoms with Crippen LogP contribution in [0.3, 0.4) is 0 Å². The van der Waals surface area contributed by atoms with Crippen molar-refractivity contribution < 1.29 is 22.2 Å². The molecule has 0 amide bonds. The molecule has 1 atom stereocenters. The van der Waals surface area contributed by atoms with Gasteiger partial charge >= 0.3 is 12.1 Å². The Kier molecular flexibility index (Phi) is 4.29. The fourth-order valence-electron chi connectivity index (χ4n) is 1.96. The first-order valence-electron chi connectivity index (χ1n) is 6.71. The smallest absolute Gasteiger partial charge is 0.471 e. The first-order valence-corrected chi connectivity index (χ1v) is 7.86. The Labute approximate surface area is 137 Å². The molecule has 0 N–H and O–H groups in total. The van der Waals surface area contributed by atoms with Gasteiger partial charge in [0.2, 0.25) is 10.9 Å². The van der Waals surface area contributed by atoms with Crippen molar-refractivity contribution in [2.45, 2.75) is 23.0 Å². The highest BCUT2D eigenvalue weighted by atomic mass is 32.2. The molecule has 9 heteroatoms. The van der Waals surface area contributed by atoms with Gasteiger partial charge in [0.15, 0.2) is 4.90 Å². The molecule has 2 aromatic heterocycles. The minimum Gasteiger partial charge on any atom is -0.605 e. The summed E-state index contributed by atoms with van der Waals surface area (Å²) in [6.45, 7) is 1.83. The van der Waals surface area contributed by atoms with Crippen LogP contribution < -0.4 is 0 Å². The van der Waals surface area contributed by atoms with Crippen molar-refractivity contribution in [3.63, 3.8) is 0 Å². The normalized spacial score (nSPS) is 13.0. The first kappa shape index (κ1) is 16.5. The molecule has 2 heterocycles. The lowest BCUT2D eigenvalue weighted by atomic mass is 10.2. The molecule has 0 aliphatic heterocycles. The van der Waals surface area contributed by atoms with Crippen LogP contribution in [0.4, 0.5) is 13.2 Å². The molecular weight excluding hydrogens is 343 g/mol. The number of hydrogen-bond acceptors (Lipinski definition) is 5. The third-order valence-electron chi connectivity index (χ3n) is 3.15. The Morgan fingerprint density at radius 1 is 1.12 bits per heavy atom. The molecule has 1 aromatic carbocycles. The van der Waals surface area contributed by atoms with Gasteiger partial charge in [-0.25, -0.2) is 4.98 Å². The topological polar surface area (TPSA) is 74.9 Å². The number of hydrogen-bond donors (Lipinski definition) is 0. The highest BCUT2D eigenvalue weighted by Crippen LogP contribution is 2.29. The maximum absolute atomic E-state index is 12.5. The minimum absolute atomic E-state index is 0.233. The quantitative estimate of drug-likeness (QED) is 0.672. The Bertz CT molecular complexity index is 850. The van der Waals surface area contributed by atoms with Gasteiger partial charge in [-0.3, -0.25) is 0 Å². The molecule has 0 radical (unpaired) electrons. The fraction of sp³-hybridized carbons (Fsp3) is 0.133. The van der Waals surface area contributed by atoms with Crippen LogP contribution in [-0.4, -0.2) is 19.7 Å². The van der Waals surface area contributed by atoms with Gasteiger partial charge in [-0.2, -0.15) is 18.2 Å². The van der Waals surface area contributed by atoms with Gasteiger partial charge < -0.3 is 9.08 Å². The third-order valence-corrected chi connectivity index (χ3v) is 4.63. The molecule has 24 heavy (non-hydrogen) atoms. The Hall–Kier alpha value is -2.39. The lowest BCUT2D eigenvalue weighted by Gasteiger charge is -2.10. The minimum atomic E-state index is -4.70. The van der Waals surface area contributed by atoms with E-state index in [4.69, 9.17) is 0 Å². The van der Waals surface area contributed by atoms with Crippen LogP contribution in [0.25, 0.3) is 11.4 Å². The lowest BCUT2D eigenvalue weighted by Crippen LogP contribution is -2.06. The van der Waals surface area contributed by atoms with Crippen molar-refractivity contribution in [3.05, 3.63) is 54.0 Å². The molecule has 124 valence electrons. The van der Waals surface area contributed by atoms with Gasteiger partial charge in [-0.15, -0.1) is 0 Å².